The maximum Gasteiger partial charge on any atom is 0.303 e. The zero-order chi connectivity index (χ0) is 16.2. The Morgan fingerprint density at radius 2 is 1.71 bits per heavy atom. The predicted octanol–water partition coefficient (Wildman–Crippen LogP) is 3.38. The van der Waals surface area contributed by atoms with Crippen molar-refractivity contribution in [3.05, 3.63) is 33.7 Å². The molecule has 0 fully saturated rings. The van der Waals surface area contributed by atoms with Gasteiger partial charge in [-0.15, -0.1) is 0 Å². The van der Waals surface area contributed by atoms with Gasteiger partial charge in [0, 0.05) is 36.5 Å². The number of rotatable bonds is 6. The van der Waals surface area contributed by atoms with Crippen LogP contribution in [0, 0.1) is 25.2 Å². The quantitative estimate of drug-likeness (QED) is 0.874. The van der Waals surface area contributed by atoms with Crippen LogP contribution in [0.15, 0.2) is 16.9 Å². The lowest BCUT2D eigenvalue weighted by Crippen LogP contribution is -2.24. The first-order valence-corrected chi connectivity index (χ1v) is 7.51. The molecular weight excluding hydrogens is 266 g/mol. The summed E-state index contributed by atoms with van der Waals surface area (Å²) in [4.78, 5) is 22.3. The van der Waals surface area contributed by atoms with Crippen molar-refractivity contribution >= 4 is 5.97 Å². The van der Waals surface area contributed by atoms with Crippen molar-refractivity contribution in [2.24, 2.45) is 11.3 Å². The molecule has 0 amide bonds. The fourth-order valence-electron chi connectivity index (χ4n) is 2.83. The standard InChI is InChI=1S/C17H27NO3/c1-12-10-15(19)11-13(2)18(12)9-8-14(17(3,4)5)6-7-16(20)21/h10-11,14H,6-9H2,1-5H3,(H,20,21). The Labute approximate surface area is 126 Å². The molecule has 0 aliphatic rings. The summed E-state index contributed by atoms with van der Waals surface area (Å²) in [5.74, 6) is -0.396. The summed E-state index contributed by atoms with van der Waals surface area (Å²) in [5.41, 5.74) is 2.05. The average molecular weight is 293 g/mol. The summed E-state index contributed by atoms with van der Waals surface area (Å²) in [6.45, 7) is 11.2. The highest BCUT2D eigenvalue weighted by Gasteiger charge is 2.25. The molecule has 0 bridgehead atoms. The number of carbonyl (C=O) groups is 1. The third kappa shape index (κ3) is 5.37. The van der Waals surface area contributed by atoms with Gasteiger partial charge in [-0.3, -0.25) is 9.59 Å². The number of hydrogen-bond acceptors (Lipinski definition) is 2. The molecule has 0 spiro atoms. The molecule has 1 N–H and O–H groups in total. The van der Waals surface area contributed by atoms with E-state index in [4.69, 9.17) is 5.11 Å². The second-order valence-electron chi connectivity index (χ2n) is 6.91. The molecule has 4 heteroatoms. The lowest BCUT2D eigenvalue weighted by Gasteiger charge is -2.31. The minimum absolute atomic E-state index is 0.0412. The Kier molecular flexibility index (Phi) is 5.76. The maximum atomic E-state index is 11.5. The molecule has 1 rings (SSSR count). The van der Waals surface area contributed by atoms with Crippen LogP contribution >= 0.6 is 0 Å². The lowest BCUT2D eigenvalue weighted by atomic mass is 9.76. The van der Waals surface area contributed by atoms with Crippen LogP contribution in [0.25, 0.3) is 0 Å². The summed E-state index contributed by atoms with van der Waals surface area (Å²) in [6.07, 6.45) is 1.82. The van der Waals surface area contributed by atoms with E-state index < -0.39 is 5.97 Å². The molecule has 0 aliphatic carbocycles. The van der Waals surface area contributed by atoms with Crippen molar-refractivity contribution in [1.82, 2.24) is 4.57 Å². The minimum Gasteiger partial charge on any atom is -0.481 e. The van der Waals surface area contributed by atoms with Gasteiger partial charge in [0.1, 0.15) is 0 Å². The SMILES string of the molecule is Cc1cc(=O)cc(C)n1CCC(CCC(=O)O)C(C)(C)C. The van der Waals surface area contributed by atoms with Crippen molar-refractivity contribution in [2.45, 2.75) is 60.4 Å². The Hall–Kier alpha value is -1.58. The number of aliphatic carboxylic acids is 1. The molecule has 0 saturated heterocycles. The van der Waals surface area contributed by atoms with E-state index in [1.165, 1.54) is 0 Å². The lowest BCUT2D eigenvalue weighted by molar-refractivity contribution is -0.137. The van der Waals surface area contributed by atoms with Gasteiger partial charge < -0.3 is 9.67 Å². The van der Waals surface area contributed by atoms with Crippen LogP contribution < -0.4 is 5.43 Å². The molecule has 0 radical (unpaired) electrons. The molecule has 0 saturated carbocycles. The molecule has 1 unspecified atom stereocenters. The highest BCUT2D eigenvalue weighted by atomic mass is 16.4. The third-order valence-corrected chi connectivity index (χ3v) is 4.19. The Bertz CT molecular complexity index is 526. The van der Waals surface area contributed by atoms with E-state index in [0.717, 1.165) is 24.4 Å². The summed E-state index contributed by atoms with van der Waals surface area (Å²) in [5, 5.41) is 8.89. The Morgan fingerprint density at radius 1 is 1.19 bits per heavy atom. The van der Waals surface area contributed by atoms with E-state index in [2.05, 4.69) is 25.3 Å². The smallest absolute Gasteiger partial charge is 0.303 e. The Balaban J connectivity index is 2.82. The summed E-state index contributed by atoms with van der Waals surface area (Å²) in [6, 6.07) is 3.30. The highest BCUT2D eigenvalue weighted by molar-refractivity contribution is 5.66. The van der Waals surface area contributed by atoms with Crippen molar-refractivity contribution in [3.8, 4) is 0 Å². The normalized spacial score (nSPS) is 13.2. The molecule has 4 nitrogen and oxygen atoms in total. The van der Waals surface area contributed by atoms with Crippen molar-refractivity contribution in [1.29, 1.82) is 0 Å². The van der Waals surface area contributed by atoms with Gasteiger partial charge in [-0.1, -0.05) is 20.8 Å². The summed E-state index contributed by atoms with van der Waals surface area (Å²) in [7, 11) is 0. The van der Waals surface area contributed by atoms with Gasteiger partial charge in [-0.2, -0.15) is 0 Å². The zero-order valence-corrected chi connectivity index (χ0v) is 13.8. The van der Waals surface area contributed by atoms with E-state index in [0.29, 0.717) is 12.3 Å². The van der Waals surface area contributed by atoms with Crippen LogP contribution in [0.1, 0.15) is 51.4 Å². The largest absolute Gasteiger partial charge is 0.481 e. The van der Waals surface area contributed by atoms with Crippen molar-refractivity contribution < 1.29 is 9.90 Å². The van der Waals surface area contributed by atoms with Crippen LogP contribution in [-0.4, -0.2) is 15.6 Å². The fourth-order valence-corrected chi connectivity index (χ4v) is 2.83. The molecular formula is C17H27NO3. The first-order chi connectivity index (χ1) is 9.61. The van der Waals surface area contributed by atoms with Gasteiger partial charge in [-0.25, -0.2) is 0 Å². The molecule has 1 aromatic rings. The van der Waals surface area contributed by atoms with E-state index in [1.54, 1.807) is 12.1 Å². The third-order valence-electron chi connectivity index (χ3n) is 4.19. The van der Waals surface area contributed by atoms with Gasteiger partial charge in [0.25, 0.3) is 0 Å². The first-order valence-electron chi connectivity index (χ1n) is 7.51. The van der Waals surface area contributed by atoms with Crippen LogP contribution in [0.4, 0.5) is 0 Å². The number of carboxylic acids is 1. The van der Waals surface area contributed by atoms with Gasteiger partial charge in [0.2, 0.25) is 0 Å². The number of pyridine rings is 1. The fraction of sp³-hybridized carbons (Fsp3) is 0.647. The van der Waals surface area contributed by atoms with Gasteiger partial charge in [0.15, 0.2) is 5.43 Å². The molecule has 1 atom stereocenters. The van der Waals surface area contributed by atoms with Gasteiger partial charge >= 0.3 is 5.97 Å². The van der Waals surface area contributed by atoms with Crippen LogP contribution in [0.2, 0.25) is 0 Å². The topological polar surface area (TPSA) is 59.3 Å². The van der Waals surface area contributed by atoms with Crippen molar-refractivity contribution in [2.75, 3.05) is 0 Å². The summed E-state index contributed by atoms with van der Waals surface area (Å²) >= 11 is 0. The maximum absolute atomic E-state index is 11.5. The van der Waals surface area contributed by atoms with E-state index in [1.807, 2.05) is 13.8 Å². The van der Waals surface area contributed by atoms with E-state index in [9.17, 15) is 9.59 Å². The zero-order valence-electron chi connectivity index (χ0n) is 13.8. The molecule has 0 aromatic carbocycles. The monoisotopic (exact) mass is 293 g/mol. The van der Waals surface area contributed by atoms with Crippen LogP contribution in [0.3, 0.4) is 0 Å². The second kappa shape index (κ2) is 6.92. The second-order valence-corrected chi connectivity index (χ2v) is 6.91. The number of nitrogens with zero attached hydrogens (tertiary/aromatic N) is 1. The van der Waals surface area contributed by atoms with Gasteiger partial charge in [0.05, 0.1) is 0 Å². The van der Waals surface area contributed by atoms with Gasteiger partial charge in [-0.05, 0) is 38.0 Å². The molecule has 1 aromatic heterocycles. The molecule has 21 heavy (non-hydrogen) atoms. The van der Waals surface area contributed by atoms with E-state index >= 15 is 0 Å². The highest BCUT2D eigenvalue weighted by Crippen LogP contribution is 2.33. The first kappa shape index (κ1) is 17.5. The number of carboxylic acid groups (broad SMARTS) is 1. The molecule has 0 aliphatic heterocycles. The van der Waals surface area contributed by atoms with Crippen LogP contribution in [0.5, 0.6) is 0 Å². The van der Waals surface area contributed by atoms with Crippen molar-refractivity contribution in [3.63, 3.8) is 0 Å². The number of aromatic nitrogens is 1. The Morgan fingerprint density at radius 3 is 2.14 bits per heavy atom. The minimum atomic E-state index is -0.736. The van der Waals surface area contributed by atoms with Crippen LogP contribution in [-0.2, 0) is 11.3 Å². The van der Waals surface area contributed by atoms with E-state index in [-0.39, 0.29) is 17.3 Å². The average Bonchev–Trinajstić information content (AvgIpc) is 2.29. The summed E-state index contributed by atoms with van der Waals surface area (Å²) < 4.78 is 2.14. The predicted molar refractivity (Wildman–Crippen MR) is 84.6 cm³/mol. The number of hydrogen-bond donors (Lipinski definition) is 1. The number of aryl methyl sites for hydroxylation is 2. The molecule has 1 heterocycles. The molecule has 118 valence electrons.